The summed E-state index contributed by atoms with van der Waals surface area (Å²) in [7, 11) is 1.45. The molecule has 0 spiro atoms. The molecule has 0 unspecified atom stereocenters. The quantitative estimate of drug-likeness (QED) is 0.823. The van der Waals surface area contributed by atoms with E-state index in [0.717, 1.165) is 4.68 Å². The lowest BCUT2D eigenvalue weighted by Crippen LogP contribution is -2.46. The van der Waals surface area contributed by atoms with Gasteiger partial charge in [-0.2, -0.15) is 5.10 Å². The topological polar surface area (TPSA) is 101 Å². The average molecular weight is 281 g/mol. The lowest BCUT2D eigenvalue weighted by atomic mass is 10.0. The molecule has 1 amide bonds. The molecule has 0 fully saturated rings. The van der Waals surface area contributed by atoms with Crippen LogP contribution in [0.3, 0.4) is 0 Å². The van der Waals surface area contributed by atoms with E-state index in [2.05, 4.69) is 10.4 Å². The summed E-state index contributed by atoms with van der Waals surface area (Å²) in [5.74, 6) is -2.10. The highest BCUT2D eigenvalue weighted by atomic mass is 16.4. The van der Waals surface area contributed by atoms with Gasteiger partial charge in [0.1, 0.15) is 11.6 Å². The van der Waals surface area contributed by atoms with Crippen LogP contribution in [0.1, 0.15) is 35.5 Å². The molecule has 20 heavy (non-hydrogen) atoms. The first kappa shape index (κ1) is 15.9. The van der Waals surface area contributed by atoms with Gasteiger partial charge < -0.3 is 10.4 Å². The van der Waals surface area contributed by atoms with E-state index in [1.165, 1.54) is 7.05 Å². The van der Waals surface area contributed by atoms with Crippen LogP contribution in [0.15, 0.2) is 4.79 Å². The molecule has 0 aromatic carbocycles. The molecule has 0 saturated carbocycles. The molecule has 0 saturated heterocycles. The van der Waals surface area contributed by atoms with E-state index in [1.807, 2.05) is 0 Å². The minimum absolute atomic E-state index is 0.0631. The number of hydrogen-bond acceptors (Lipinski definition) is 4. The van der Waals surface area contributed by atoms with E-state index in [9.17, 15) is 14.4 Å². The molecule has 7 nitrogen and oxygen atoms in total. The second-order valence-electron chi connectivity index (χ2n) is 5.05. The molecule has 1 heterocycles. The van der Waals surface area contributed by atoms with Gasteiger partial charge in [-0.1, -0.05) is 13.8 Å². The Hall–Kier alpha value is -2.18. The number of rotatable bonds is 4. The molecule has 1 aromatic heterocycles. The summed E-state index contributed by atoms with van der Waals surface area (Å²) in [6, 6.07) is -1.04. The van der Waals surface area contributed by atoms with E-state index < -0.39 is 23.5 Å². The molecule has 1 aromatic rings. The summed E-state index contributed by atoms with van der Waals surface area (Å²) in [5, 5.41) is 15.4. The van der Waals surface area contributed by atoms with Crippen molar-refractivity contribution >= 4 is 11.9 Å². The molecule has 0 radical (unpaired) electrons. The fourth-order valence-electron chi connectivity index (χ4n) is 1.84. The second-order valence-corrected chi connectivity index (χ2v) is 5.05. The Morgan fingerprint density at radius 2 is 1.85 bits per heavy atom. The Labute approximate surface area is 116 Å². The number of aliphatic carboxylic acids is 1. The predicted molar refractivity (Wildman–Crippen MR) is 72.7 cm³/mol. The highest BCUT2D eigenvalue weighted by Gasteiger charge is 2.26. The summed E-state index contributed by atoms with van der Waals surface area (Å²) in [6.07, 6.45) is 0. The molecular formula is C13H19N3O4. The van der Waals surface area contributed by atoms with Gasteiger partial charge in [-0.3, -0.25) is 9.59 Å². The van der Waals surface area contributed by atoms with E-state index in [-0.39, 0.29) is 11.5 Å². The van der Waals surface area contributed by atoms with Crippen molar-refractivity contribution in [1.29, 1.82) is 0 Å². The third-order valence-corrected chi connectivity index (χ3v) is 3.17. The zero-order valence-corrected chi connectivity index (χ0v) is 12.2. The monoisotopic (exact) mass is 281 g/mol. The maximum atomic E-state index is 12.2. The van der Waals surface area contributed by atoms with E-state index in [0.29, 0.717) is 11.3 Å². The smallest absolute Gasteiger partial charge is 0.326 e. The van der Waals surface area contributed by atoms with E-state index in [1.54, 1.807) is 27.7 Å². The lowest BCUT2D eigenvalue weighted by molar-refractivity contribution is -0.140. The van der Waals surface area contributed by atoms with Crippen LogP contribution in [0.25, 0.3) is 0 Å². The maximum absolute atomic E-state index is 12.2. The zero-order chi connectivity index (χ0) is 15.6. The first-order valence-electron chi connectivity index (χ1n) is 6.25. The molecular weight excluding hydrogens is 262 g/mol. The SMILES string of the molecule is Cc1nn(C)c(=O)c(C(=O)N[C@@H](C(=O)O)C(C)C)c1C. The van der Waals surface area contributed by atoms with Crippen LogP contribution in [0, 0.1) is 19.8 Å². The summed E-state index contributed by atoms with van der Waals surface area (Å²) in [4.78, 5) is 35.3. The molecule has 0 aliphatic heterocycles. The van der Waals surface area contributed by atoms with Crippen LogP contribution < -0.4 is 10.9 Å². The summed E-state index contributed by atoms with van der Waals surface area (Å²) < 4.78 is 1.07. The Balaban J connectivity index is 3.23. The van der Waals surface area contributed by atoms with Crippen molar-refractivity contribution in [2.45, 2.75) is 33.7 Å². The average Bonchev–Trinajstić information content (AvgIpc) is 2.33. The number of carboxylic acids is 1. The Bertz CT molecular complexity index is 604. The third kappa shape index (κ3) is 3.04. The normalized spacial score (nSPS) is 12.3. The number of carboxylic acid groups (broad SMARTS) is 1. The van der Waals surface area contributed by atoms with Gasteiger partial charge in [0.2, 0.25) is 0 Å². The number of carbonyl (C=O) groups is 2. The molecule has 7 heteroatoms. The van der Waals surface area contributed by atoms with Crippen molar-refractivity contribution in [2.24, 2.45) is 13.0 Å². The van der Waals surface area contributed by atoms with Gasteiger partial charge in [0, 0.05) is 7.05 Å². The zero-order valence-electron chi connectivity index (χ0n) is 12.2. The number of nitrogens with one attached hydrogen (secondary N) is 1. The fourth-order valence-corrected chi connectivity index (χ4v) is 1.84. The van der Waals surface area contributed by atoms with Crippen molar-refractivity contribution in [3.8, 4) is 0 Å². The van der Waals surface area contributed by atoms with Crippen molar-refractivity contribution in [1.82, 2.24) is 15.1 Å². The van der Waals surface area contributed by atoms with Crippen LogP contribution >= 0.6 is 0 Å². The summed E-state index contributed by atoms with van der Waals surface area (Å²) in [6.45, 7) is 6.66. The van der Waals surface area contributed by atoms with Crippen LogP contribution in [0.4, 0.5) is 0 Å². The van der Waals surface area contributed by atoms with Crippen molar-refractivity contribution < 1.29 is 14.7 Å². The Kier molecular flexibility index (Phi) is 4.65. The molecule has 1 rings (SSSR count). The molecule has 0 aliphatic rings. The minimum atomic E-state index is -1.13. The van der Waals surface area contributed by atoms with Gasteiger partial charge in [0.15, 0.2) is 0 Å². The largest absolute Gasteiger partial charge is 0.480 e. The van der Waals surface area contributed by atoms with Crippen molar-refractivity contribution in [3.05, 3.63) is 27.2 Å². The Morgan fingerprint density at radius 1 is 1.30 bits per heavy atom. The molecule has 110 valence electrons. The van der Waals surface area contributed by atoms with Gasteiger partial charge in [-0.15, -0.1) is 0 Å². The van der Waals surface area contributed by atoms with E-state index in [4.69, 9.17) is 5.11 Å². The molecule has 0 aliphatic carbocycles. The van der Waals surface area contributed by atoms with Gasteiger partial charge >= 0.3 is 5.97 Å². The van der Waals surface area contributed by atoms with Crippen molar-refractivity contribution in [3.63, 3.8) is 0 Å². The number of aromatic nitrogens is 2. The molecule has 2 N–H and O–H groups in total. The van der Waals surface area contributed by atoms with E-state index >= 15 is 0 Å². The fraction of sp³-hybridized carbons (Fsp3) is 0.538. The standard InChI is InChI=1S/C13H19N3O4/c1-6(2)10(13(19)20)14-11(17)9-7(3)8(4)15-16(5)12(9)18/h6,10H,1-5H3,(H,14,17)(H,19,20)/t10-/m1/s1. The van der Waals surface area contributed by atoms with Gasteiger partial charge in [0.05, 0.1) is 5.69 Å². The number of nitrogens with zero attached hydrogens (tertiary/aromatic N) is 2. The van der Waals surface area contributed by atoms with Gasteiger partial charge in [-0.25, -0.2) is 9.48 Å². The van der Waals surface area contributed by atoms with Crippen molar-refractivity contribution in [2.75, 3.05) is 0 Å². The molecule has 0 bridgehead atoms. The number of amides is 1. The first-order valence-corrected chi connectivity index (χ1v) is 6.25. The highest BCUT2D eigenvalue weighted by molar-refractivity contribution is 5.97. The summed E-state index contributed by atoms with van der Waals surface area (Å²) >= 11 is 0. The van der Waals surface area contributed by atoms with Crippen LogP contribution in [0.2, 0.25) is 0 Å². The Morgan fingerprint density at radius 3 is 2.30 bits per heavy atom. The number of aryl methyl sites for hydroxylation is 2. The van der Waals surface area contributed by atoms with Crippen LogP contribution in [-0.4, -0.2) is 32.8 Å². The first-order chi connectivity index (χ1) is 9.16. The number of carbonyl (C=O) groups excluding carboxylic acids is 1. The second kappa shape index (κ2) is 5.85. The maximum Gasteiger partial charge on any atom is 0.326 e. The highest BCUT2D eigenvalue weighted by Crippen LogP contribution is 2.08. The van der Waals surface area contributed by atoms with Crippen LogP contribution in [-0.2, 0) is 11.8 Å². The third-order valence-electron chi connectivity index (χ3n) is 3.17. The summed E-state index contributed by atoms with van der Waals surface area (Å²) in [5.41, 5.74) is 0.401. The molecule has 1 atom stereocenters. The van der Waals surface area contributed by atoms with Gasteiger partial charge in [0.25, 0.3) is 11.5 Å². The number of hydrogen-bond donors (Lipinski definition) is 2. The predicted octanol–water partition coefficient (Wildman–Crippen LogP) is 0.236. The van der Waals surface area contributed by atoms with Crippen LogP contribution in [0.5, 0.6) is 0 Å². The van der Waals surface area contributed by atoms with Gasteiger partial charge in [-0.05, 0) is 25.3 Å². The lowest BCUT2D eigenvalue weighted by Gasteiger charge is -2.18. The minimum Gasteiger partial charge on any atom is -0.480 e.